The van der Waals surface area contributed by atoms with E-state index in [1.165, 1.54) is 35.4 Å². The van der Waals surface area contributed by atoms with Gasteiger partial charge in [-0.05, 0) is 50.7 Å². The van der Waals surface area contributed by atoms with Crippen molar-refractivity contribution in [2.75, 3.05) is 39.9 Å². The maximum atomic E-state index is 5.55. The lowest BCUT2D eigenvalue weighted by Gasteiger charge is -2.35. The Hall–Kier alpha value is -1.11. The normalized spacial score (nSPS) is 26.5. The van der Waals surface area contributed by atoms with Crippen LogP contribution in [0.4, 0.5) is 0 Å². The molecular weight excluding hydrogens is 344 g/mol. The zero-order valence-corrected chi connectivity index (χ0v) is 17.3. The van der Waals surface area contributed by atoms with Crippen molar-refractivity contribution in [3.63, 3.8) is 0 Å². The molecular formula is C20H34N4OS. The molecule has 1 saturated heterocycles. The highest BCUT2D eigenvalue weighted by atomic mass is 32.1. The van der Waals surface area contributed by atoms with Gasteiger partial charge in [-0.2, -0.15) is 0 Å². The minimum atomic E-state index is 0.377. The van der Waals surface area contributed by atoms with Gasteiger partial charge in [0.15, 0.2) is 5.96 Å². The van der Waals surface area contributed by atoms with Crippen LogP contribution in [-0.4, -0.2) is 56.8 Å². The molecule has 2 fully saturated rings. The minimum Gasteiger partial charge on any atom is -0.379 e. The molecule has 1 aromatic rings. The van der Waals surface area contributed by atoms with Crippen molar-refractivity contribution in [2.24, 2.45) is 10.9 Å². The van der Waals surface area contributed by atoms with Gasteiger partial charge in [0.05, 0.1) is 19.3 Å². The molecule has 1 aliphatic heterocycles. The molecule has 26 heavy (non-hydrogen) atoms. The predicted molar refractivity (Wildman–Crippen MR) is 110 cm³/mol. The predicted octanol–water partition coefficient (Wildman–Crippen LogP) is 3.17. The number of aryl methyl sites for hydroxylation is 1. The van der Waals surface area contributed by atoms with Crippen molar-refractivity contribution < 1.29 is 4.74 Å². The molecule has 0 aromatic carbocycles. The lowest BCUT2D eigenvalue weighted by molar-refractivity contribution is 0.0177. The van der Waals surface area contributed by atoms with Gasteiger partial charge in [-0.3, -0.25) is 9.89 Å². The number of nitrogens with zero attached hydrogens (tertiary/aromatic N) is 2. The average Bonchev–Trinajstić information content (AvgIpc) is 3.09. The molecule has 5 nitrogen and oxygen atoms in total. The van der Waals surface area contributed by atoms with E-state index in [1.54, 1.807) is 0 Å². The molecule has 0 bridgehead atoms. The van der Waals surface area contributed by atoms with Crippen LogP contribution in [0.5, 0.6) is 0 Å². The molecule has 0 radical (unpaired) electrons. The van der Waals surface area contributed by atoms with Crippen molar-refractivity contribution in [3.05, 3.63) is 21.9 Å². The molecule has 1 aliphatic carbocycles. The maximum absolute atomic E-state index is 5.55. The van der Waals surface area contributed by atoms with E-state index < -0.39 is 0 Å². The molecule has 1 atom stereocenters. The zero-order valence-electron chi connectivity index (χ0n) is 16.5. The summed E-state index contributed by atoms with van der Waals surface area (Å²) in [7, 11) is 1.87. The van der Waals surface area contributed by atoms with Crippen LogP contribution in [0.2, 0.25) is 0 Å². The molecule has 6 heteroatoms. The van der Waals surface area contributed by atoms with E-state index in [0.717, 1.165) is 44.7 Å². The van der Waals surface area contributed by atoms with Gasteiger partial charge in [0, 0.05) is 42.5 Å². The second-order valence-electron chi connectivity index (χ2n) is 7.67. The van der Waals surface area contributed by atoms with E-state index in [2.05, 4.69) is 46.5 Å². The van der Waals surface area contributed by atoms with E-state index in [0.29, 0.717) is 12.1 Å². The largest absolute Gasteiger partial charge is 0.379 e. The molecule has 2 aliphatic rings. The molecule has 146 valence electrons. The molecule has 0 amide bonds. The third-order valence-electron chi connectivity index (χ3n) is 5.62. The number of hydrogen-bond acceptors (Lipinski definition) is 4. The SMILES string of the molecule is CN=C(NCC(c1ccc(C)s1)N1CCOCC1)NC1CCC(C)CC1. The summed E-state index contributed by atoms with van der Waals surface area (Å²) in [6.45, 7) is 9.07. The van der Waals surface area contributed by atoms with Gasteiger partial charge >= 0.3 is 0 Å². The number of ether oxygens (including phenoxy) is 1. The third-order valence-corrected chi connectivity index (χ3v) is 6.72. The number of guanidine groups is 1. The number of morpholine rings is 1. The third kappa shape index (κ3) is 5.44. The van der Waals surface area contributed by atoms with Gasteiger partial charge < -0.3 is 15.4 Å². The van der Waals surface area contributed by atoms with E-state index in [9.17, 15) is 0 Å². The molecule has 1 unspecified atom stereocenters. The number of rotatable bonds is 5. The summed E-state index contributed by atoms with van der Waals surface area (Å²) in [4.78, 5) is 9.81. The molecule has 2 N–H and O–H groups in total. The van der Waals surface area contributed by atoms with E-state index >= 15 is 0 Å². The Morgan fingerprint density at radius 1 is 1.27 bits per heavy atom. The Labute approximate surface area is 162 Å². The Kier molecular flexibility index (Phi) is 7.34. The summed E-state index contributed by atoms with van der Waals surface area (Å²) < 4.78 is 5.55. The maximum Gasteiger partial charge on any atom is 0.191 e. The van der Waals surface area contributed by atoms with Crippen molar-refractivity contribution in [1.29, 1.82) is 0 Å². The summed E-state index contributed by atoms with van der Waals surface area (Å²) in [5.41, 5.74) is 0. The quantitative estimate of drug-likeness (QED) is 0.610. The van der Waals surface area contributed by atoms with E-state index in [1.807, 2.05) is 18.4 Å². The zero-order chi connectivity index (χ0) is 18.4. The fourth-order valence-corrected chi connectivity index (χ4v) is 4.93. The fourth-order valence-electron chi connectivity index (χ4n) is 3.92. The summed E-state index contributed by atoms with van der Waals surface area (Å²) in [5.74, 6) is 1.81. The number of nitrogens with one attached hydrogen (secondary N) is 2. The van der Waals surface area contributed by atoms with Crippen LogP contribution in [-0.2, 0) is 4.74 Å². The fraction of sp³-hybridized carbons (Fsp3) is 0.750. The minimum absolute atomic E-state index is 0.377. The molecule has 0 spiro atoms. The summed E-state index contributed by atoms with van der Waals surface area (Å²) in [6, 6.07) is 5.44. The molecule has 1 saturated carbocycles. The van der Waals surface area contributed by atoms with Crippen LogP contribution in [0.25, 0.3) is 0 Å². The molecule has 2 heterocycles. The highest BCUT2D eigenvalue weighted by molar-refractivity contribution is 7.12. The Balaban J connectivity index is 1.58. The first-order valence-corrected chi connectivity index (χ1v) is 10.8. The number of aliphatic imine (C=N–C) groups is 1. The first-order valence-electron chi connectivity index (χ1n) is 10.0. The van der Waals surface area contributed by atoms with Crippen LogP contribution in [0.3, 0.4) is 0 Å². The van der Waals surface area contributed by atoms with Gasteiger partial charge in [-0.25, -0.2) is 0 Å². The standard InChI is InChI=1S/C20H34N4OS/c1-15-4-7-17(8-5-15)23-20(21-3)22-14-18(19-9-6-16(2)26-19)24-10-12-25-13-11-24/h6,9,15,17-18H,4-5,7-8,10-14H2,1-3H3,(H2,21,22,23). The number of hydrogen-bond donors (Lipinski definition) is 2. The average molecular weight is 379 g/mol. The van der Waals surface area contributed by atoms with Crippen LogP contribution in [0, 0.1) is 12.8 Å². The van der Waals surface area contributed by atoms with Crippen LogP contribution in [0.15, 0.2) is 17.1 Å². The summed E-state index contributed by atoms with van der Waals surface area (Å²) in [5, 5.41) is 7.24. The highest BCUT2D eigenvalue weighted by Crippen LogP contribution is 2.28. The smallest absolute Gasteiger partial charge is 0.191 e. The van der Waals surface area contributed by atoms with Crippen molar-refractivity contribution >= 4 is 17.3 Å². The van der Waals surface area contributed by atoms with Gasteiger partial charge in [0.25, 0.3) is 0 Å². The van der Waals surface area contributed by atoms with Crippen molar-refractivity contribution in [3.8, 4) is 0 Å². The van der Waals surface area contributed by atoms with E-state index in [4.69, 9.17) is 4.74 Å². The highest BCUT2D eigenvalue weighted by Gasteiger charge is 2.25. The first-order chi connectivity index (χ1) is 12.7. The topological polar surface area (TPSA) is 48.9 Å². The second-order valence-corrected chi connectivity index (χ2v) is 8.99. The van der Waals surface area contributed by atoms with Crippen LogP contribution in [0.1, 0.15) is 48.4 Å². The molecule has 1 aromatic heterocycles. The number of thiophene rings is 1. The Morgan fingerprint density at radius 3 is 2.62 bits per heavy atom. The second kappa shape index (κ2) is 9.72. The van der Waals surface area contributed by atoms with Crippen LogP contribution >= 0.6 is 11.3 Å². The first kappa shape index (κ1) is 19.6. The van der Waals surface area contributed by atoms with Gasteiger partial charge in [0.1, 0.15) is 0 Å². The van der Waals surface area contributed by atoms with Gasteiger partial charge in [-0.15, -0.1) is 11.3 Å². The van der Waals surface area contributed by atoms with E-state index in [-0.39, 0.29) is 0 Å². The van der Waals surface area contributed by atoms with Crippen LogP contribution < -0.4 is 10.6 Å². The molecule has 3 rings (SSSR count). The summed E-state index contributed by atoms with van der Waals surface area (Å²) >= 11 is 1.90. The summed E-state index contributed by atoms with van der Waals surface area (Å²) in [6.07, 6.45) is 5.14. The van der Waals surface area contributed by atoms with Gasteiger partial charge in [-0.1, -0.05) is 6.92 Å². The Bertz CT molecular complexity index is 574. The monoisotopic (exact) mass is 378 g/mol. The lowest BCUT2D eigenvalue weighted by Crippen LogP contribution is -2.48. The lowest BCUT2D eigenvalue weighted by atomic mass is 9.87. The Morgan fingerprint density at radius 2 is 2.00 bits per heavy atom. The van der Waals surface area contributed by atoms with Crippen molar-refractivity contribution in [1.82, 2.24) is 15.5 Å². The van der Waals surface area contributed by atoms with Gasteiger partial charge in [0.2, 0.25) is 0 Å². The van der Waals surface area contributed by atoms with Crippen molar-refractivity contribution in [2.45, 2.75) is 51.6 Å².